The predicted molar refractivity (Wildman–Crippen MR) is 145 cm³/mol. The Balaban J connectivity index is 1.49. The van der Waals surface area contributed by atoms with Gasteiger partial charge in [-0.3, -0.25) is 14.4 Å². The Kier molecular flexibility index (Phi) is 6.97. The number of nitrogens with zero attached hydrogens (tertiary/aromatic N) is 1. The fourth-order valence-electron chi connectivity index (χ4n) is 6.54. The number of hydrogen-bond donors (Lipinski definition) is 1. The number of fused-ring (bicyclic) bond motifs is 2. The second kappa shape index (κ2) is 10.2. The standard InChI is InChI=1S/C31H34N2O5/c1-21(34)37-28-10-6-9-26(18-28)30-15-16-33(3)20-31(30,38-22(2)35)14-13-27(19-30)32-29(36)25-12-11-23-7-4-5-8-24(23)17-25/h4-12,17-18,27H,13-16,19-20H2,1-3H3,(H,32,36)/t27-,30-,31-/m0/s1. The monoisotopic (exact) mass is 514 g/mol. The quantitative estimate of drug-likeness (QED) is 0.395. The minimum atomic E-state index is -0.759. The molecule has 198 valence electrons. The number of rotatable bonds is 5. The third kappa shape index (κ3) is 4.90. The molecule has 3 atom stereocenters. The number of likely N-dealkylation sites (tertiary alicyclic amines) is 1. The molecule has 1 saturated heterocycles. The Labute approximate surface area is 223 Å². The third-order valence-electron chi connectivity index (χ3n) is 8.14. The molecular formula is C31H34N2O5. The molecule has 1 aliphatic carbocycles. The van der Waals surface area contributed by atoms with E-state index in [1.807, 2.05) is 67.7 Å². The number of amides is 1. The van der Waals surface area contributed by atoms with Crippen LogP contribution in [0.5, 0.6) is 5.75 Å². The lowest BCUT2D eigenvalue weighted by Crippen LogP contribution is -2.68. The van der Waals surface area contributed by atoms with Crippen molar-refractivity contribution in [2.45, 2.75) is 56.6 Å². The molecule has 3 aromatic carbocycles. The van der Waals surface area contributed by atoms with Gasteiger partial charge >= 0.3 is 11.9 Å². The molecule has 1 saturated carbocycles. The summed E-state index contributed by atoms with van der Waals surface area (Å²) < 4.78 is 11.6. The van der Waals surface area contributed by atoms with Crippen molar-refractivity contribution < 1.29 is 23.9 Å². The van der Waals surface area contributed by atoms with Crippen LogP contribution < -0.4 is 10.1 Å². The fraction of sp³-hybridized carbons (Fsp3) is 0.387. The number of carbonyl (C=O) groups excluding carboxylic acids is 3. The lowest BCUT2D eigenvalue weighted by atomic mass is 9.55. The zero-order valence-electron chi connectivity index (χ0n) is 22.2. The van der Waals surface area contributed by atoms with Crippen LogP contribution >= 0.6 is 0 Å². The van der Waals surface area contributed by atoms with Gasteiger partial charge < -0.3 is 19.7 Å². The molecule has 2 aliphatic rings. The lowest BCUT2D eigenvalue weighted by Gasteiger charge is -2.59. The molecule has 3 aromatic rings. The van der Waals surface area contributed by atoms with Crippen LogP contribution in [0.1, 0.15) is 55.5 Å². The van der Waals surface area contributed by atoms with Crippen LogP contribution in [0.15, 0.2) is 66.7 Å². The molecule has 0 radical (unpaired) electrons. The van der Waals surface area contributed by atoms with Gasteiger partial charge in [-0.25, -0.2) is 0 Å². The van der Waals surface area contributed by atoms with Crippen LogP contribution in [0.25, 0.3) is 10.8 Å². The van der Waals surface area contributed by atoms with Crippen LogP contribution in [0.2, 0.25) is 0 Å². The maximum absolute atomic E-state index is 13.4. The molecule has 0 spiro atoms. The molecular weight excluding hydrogens is 480 g/mol. The van der Waals surface area contributed by atoms with E-state index in [0.29, 0.717) is 37.1 Å². The minimum absolute atomic E-state index is 0.113. The molecule has 1 amide bonds. The van der Waals surface area contributed by atoms with Crippen LogP contribution in [-0.4, -0.2) is 54.5 Å². The van der Waals surface area contributed by atoms with Gasteiger partial charge in [0.2, 0.25) is 0 Å². The zero-order valence-corrected chi connectivity index (χ0v) is 22.2. The normalized spacial score (nSPS) is 25.3. The summed E-state index contributed by atoms with van der Waals surface area (Å²) in [7, 11) is 2.04. The molecule has 0 bridgehead atoms. The molecule has 1 N–H and O–H groups in total. The smallest absolute Gasteiger partial charge is 0.308 e. The maximum atomic E-state index is 13.4. The number of hydrogen-bond acceptors (Lipinski definition) is 6. The Bertz CT molecular complexity index is 1390. The van der Waals surface area contributed by atoms with Gasteiger partial charge in [0, 0.05) is 37.4 Å². The summed E-state index contributed by atoms with van der Waals surface area (Å²) in [5.74, 6) is -0.363. The number of ether oxygens (including phenoxy) is 2. The van der Waals surface area contributed by atoms with E-state index in [9.17, 15) is 14.4 Å². The highest BCUT2D eigenvalue weighted by Crippen LogP contribution is 2.54. The van der Waals surface area contributed by atoms with Crippen molar-refractivity contribution in [1.82, 2.24) is 10.2 Å². The Morgan fingerprint density at radius 1 is 0.921 bits per heavy atom. The number of likely N-dealkylation sites (N-methyl/N-ethyl adjacent to an activating group) is 1. The van der Waals surface area contributed by atoms with Crippen LogP contribution in [0, 0.1) is 0 Å². The van der Waals surface area contributed by atoms with Crippen molar-refractivity contribution in [1.29, 1.82) is 0 Å². The summed E-state index contributed by atoms with van der Waals surface area (Å²) in [4.78, 5) is 39.7. The highest BCUT2D eigenvalue weighted by Gasteiger charge is 2.60. The molecule has 0 aromatic heterocycles. The second-order valence-corrected chi connectivity index (χ2v) is 10.8. The van der Waals surface area contributed by atoms with E-state index < -0.39 is 17.0 Å². The average Bonchev–Trinajstić information content (AvgIpc) is 2.88. The van der Waals surface area contributed by atoms with Gasteiger partial charge in [0.1, 0.15) is 11.4 Å². The summed E-state index contributed by atoms with van der Waals surface area (Å²) in [6.07, 6.45) is 2.64. The first-order valence-electron chi connectivity index (χ1n) is 13.2. The van der Waals surface area contributed by atoms with Crippen molar-refractivity contribution in [2.24, 2.45) is 0 Å². The predicted octanol–water partition coefficient (Wildman–Crippen LogP) is 4.62. The van der Waals surface area contributed by atoms with E-state index in [2.05, 4.69) is 10.2 Å². The van der Waals surface area contributed by atoms with Crippen molar-refractivity contribution in [2.75, 3.05) is 20.1 Å². The first-order chi connectivity index (χ1) is 18.2. The number of esters is 2. The van der Waals surface area contributed by atoms with E-state index in [4.69, 9.17) is 9.47 Å². The third-order valence-corrected chi connectivity index (χ3v) is 8.14. The average molecular weight is 515 g/mol. The molecule has 2 fully saturated rings. The van der Waals surface area contributed by atoms with E-state index in [-0.39, 0.29) is 17.9 Å². The van der Waals surface area contributed by atoms with Gasteiger partial charge in [0.15, 0.2) is 0 Å². The van der Waals surface area contributed by atoms with Gasteiger partial charge in [-0.1, -0.05) is 42.5 Å². The van der Waals surface area contributed by atoms with Gasteiger partial charge in [-0.05, 0) is 79.9 Å². The van der Waals surface area contributed by atoms with Crippen molar-refractivity contribution in [3.63, 3.8) is 0 Å². The highest BCUT2D eigenvalue weighted by molar-refractivity contribution is 5.98. The van der Waals surface area contributed by atoms with E-state index in [0.717, 1.165) is 29.3 Å². The van der Waals surface area contributed by atoms with Crippen LogP contribution in [0.4, 0.5) is 0 Å². The van der Waals surface area contributed by atoms with Crippen molar-refractivity contribution in [3.8, 4) is 5.75 Å². The van der Waals surface area contributed by atoms with Gasteiger partial charge in [-0.15, -0.1) is 0 Å². The van der Waals surface area contributed by atoms with E-state index >= 15 is 0 Å². The first-order valence-corrected chi connectivity index (χ1v) is 13.2. The molecule has 38 heavy (non-hydrogen) atoms. The van der Waals surface area contributed by atoms with E-state index in [1.165, 1.54) is 13.8 Å². The highest BCUT2D eigenvalue weighted by atomic mass is 16.6. The van der Waals surface area contributed by atoms with Crippen molar-refractivity contribution in [3.05, 3.63) is 77.9 Å². The largest absolute Gasteiger partial charge is 0.457 e. The van der Waals surface area contributed by atoms with Gasteiger partial charge in [-0.2, -0.15) is 0 Å². The van der Waals surface area contributed by atoms with Crippen molar-refractivity contribution >= 4 is 28.6 Å². The van der Waals surface area contributed by atoms with Gasteiger partial charge in [0.05, 0.1) is 0 Å². The molecule has 5 rings (SSSR count). The topological polar surface area (TPSA) is 84.9 Å². The summed E-state index contributed by atoms with van der Waals surface area (Å²) in [5.41, 5.74) is 0.260. The second-order valence-electron chi connectivity index (χ2n) is 10.8. The number of piperidine rings is 1. The Hall–Kier alpha value is -3.71. The maximum Gasteiger partial charge on any atom is 0.308 e. The Morgan fingerprint density at radius 2 is 1.71 bits per heavy atom. The SMILES string of the molecule is CC(=O)Oc1cccc([C@@]23CCN(C)C[C@@]2(OC(C)=O)CC[C@H](NC(=O)c2ccc4ccccc4c2)C3)c1. The first kappa shape index (κ1) is 25.9. The Morgan fingerprint density at radius 3 is 2.47 bits per heavy atom. The molecule has 7 nitrogen and oxygen atoms in total. The van der Waals surface area contributed by atoms with E-state index in [1.54, 1.807) is 6.07 Å². The summed E-state index contributed by atoms with van der Waals surface area (Å²) in [6.45, 7) is 4.24. The number of benzene rings is 3. The van der Waals surface area contributed by atoms with Crippen LogP contribution in [-0.2, 0) is 19.7 Å². The molecule has 7 heteroatoms. The molecule has 0 unspecified atom stereocenters. The molecule has 1 heterocycles. The number of nitrogens with one attached hydrogen (secondary N) is 1. The summed E-state index contributed by atoms with van der Waals surface area (Å²) >= 11 is 0. The summed E-state index contributed by atoms with van der Waals surface area (Å²) in [5, 5.41) is 5.39. The fourth-order valence-corrected chi connectivity index (χ4v) is 6.54. The number of carbonyl (C=O) groups is 3. The molecule has 1 aliphatic heterocycles. The van der Waals surface area contributed by atoms with Crippen LogP contribution in [0.3, 0.4) is 0 Å². The van der Waals surface area contributed by atoms with Gasteiger partial charge in [0.25, 0.3) is 5.91 Å². The summed E-state index contributed by atoms with van der Waals surface area (Å²) in [6, 6.07) is 21.1. The lowest BCUT2D eigenvalue weighted by molar-refractivity contribution is -0.185. The zero-order chi connectivity index (χ0) is 26.9. The minimum Gasteiger partial charge on any atom is -0.457 e.